The zero-order chi connectivity index (χ0) is 13.4. The van der Waals surface area contributed by atoms with Crippen LogP contribution in [0.4, 0.5) is 5.82 Å². The van der Waals surface area contributed by atoms with Gasteiger partial charge in [0.15, 0.2) is 5.82 Å². The molecular formula is C12H16BrN5. The molecule has 18 heavy (non-hydrogen) atoms. The lowest BCUT2D eigenvalue weighted by molar-refractivity contribution is 0.731. The molecule has 0 aliphatic heterocycles. The van der Waals surface area contributed by atoms with Crippen LogP contribution in [0.25, 0.3) is 11.4 Å². The molecule has 0 bridgehead atoms. The summed E-state index contributed by atoms with van der Waals surface area (Å²) >= 11 is 3.48. The number of anilines is 1. The number of hydrogen-bond acceptors (Lipinski definition) is 4. The van der Waals surface area contributed by atoms with Crippen molar-refractivity contribution in [3.63, 3.8) is 0 Å². The van der Waals surface area contributed by atoms with Crippen LogP contribution in [0.3, 0.4) is 0 Å². The predicted octanol–water partition coefficient (Wildman–Crippen LogP) is 2.61. The molecule has 0 radical (unpaired) electrons. The van der Waals surface area contributed by atoms with Crippen LogP contribution < -0.4 is 5.32 Å². The van der Waals surface area contributed by atoms with E-state index in [0.29, 0.717) is 5.82 Å². The topological polar surface area (TPSA) is 55.6 Å². The Morgan fingerprint density at radius 2 is 1.78 bits per heavy atom. The summed E-state index contributed by atoms with van der Waals surface area (Å²) in [5, 5.41) is 7.47. The zero-order valence-electron chi connectivity index (χ0n) is 11.2. The first-order valence-corrected chi connectivity index (χ1v) is 6.47. The van der Waals surface area contributed by atoms with Crippen LogP contribution in [-0.4, -0.2) is 26.8 Å². The summed E-state index contributed by atoms with van der Waals surface area (Å²) in [6.45, 7) is 5.95. The van der Waals surface area contributed by atoms with E-state index in [1.165, 1.54) is 0 Å². The van der Waals surface area contributed by atoms with Gasteiger partial charge in [-0.15, -0.1) is 0 Å². The van der Waals surface area contributed by atoms with Gasteiger partial charge >= 0.3 is 0 Å². The Bertz CT molecular complexity index is 603. The first-order valence-electron chi connectivity index (χ1n) is 5.68. The second-order valence-electron chi connectivity index (χ2n) is 4.21. The van der Waals surface area contributed by atoms with Gasteiger partial charge < -0.3 is 5.32 Å². The standard InChI is InChI=1S/C12H16BrN5/c1-6-9(8(3)18(5)17-6)11-15-7(2)10(13)12(14-4)16-11/h1-5H3,(H,14,15,16). The van der Waals surface area contributed by atoms with Gasteiger partial charge in [0.2, 0.25) is 0 Å². The highest BCUT2D eigenvalue weighted by atomic mass is 79.9. The first kappa shape index (κ1) is 13.0. The minimum Gasteiger partial charge on any atom is -0.372 e. The first-order chi connectivity index (χ1) is 8.45. The van der Waals surface area contributed by atoms with Crippen molar-refractivity contribution in [1.29, 1.82) is 0 Å². The van der Waals surface area contributed by atoms with Crippen molar-refractivity contribution in [2.45, 2.75) is 20.8 Å². The number of halogens is 1. The van der Waals surface area contributed by atoms with E-state index in [9.17, 15) is 0 Å². The minimum atomic E-state index is 0.711. The van der Waals surface area contributed by atoms with Crippen LogP contribution in [0, 0.1) is 20.8 Å². The molecule has 2 rings (SSSR count). The third kappa shape index (κ3) is 2.01. The lowest BCUT2D eigenvalue weighted by Crippen LogP contribution is -2.02. The van der Waals surface area contributed by atoms with Gasteiger partial charge in [-0.05, 0) is 36.7 Å². The molecule has 96 valence electrons. The molecule has 0 aromatic carbocycles. The Morgan fingerprint density at radius 1 is 1.11 bits per heavy atom. The van der Waals surface area contributed by atoms with Crippen molar-refractivity contribution in [3.05, 3.63) is 21.6 Å². The lowest BCUT2D eigenvalue weighted by Gasteiger charge is -2.08. The van der Waals surface area contributed by atoms with Gasteiger partial charge in [-0.1, -0.05) is 0 Å². The second-order valence-corrected chi connectivity index (χ2v) is 5.01. The van der Waals surface area contributed by atoms with E-state index in [-0.39, 0.29) is 0 Å². The fourth-order valence-corrected chi connectivity index (χ4v) is 2.31. The van der Waals surface area contributed by atoms with Crippen LogP contribution in [0.1, 0.15) is 17.1 Å². The highest BCUT2D eigenvalue weighted by molar-refractivity contribution is 9.10. The summed E-state index contributed by atoms with van der Waals surface area (Å²) in [5.41, 5.74) is 3.92. The van der Waals surface area contributed by atoms with E-state index in [1.54, 1.807) is 0 Å². The van der Waals surface area contributed by atoms with E-state index < -0.39 is 0 Å². The molecule has 1 N–H and O–H groups in total. The molecule has 0 atom stereocenters. The molecule has 0 unspecified atom stereocenters. The lowest BCUT2D eigenvalue weighted by atomic mass is 10.2. The SMILES string of the molecule is CNc1nc(-c2c(C)nn(C)c2C)nc(C)c1Br. The van der Waals surface area contributed by atoms with Crippen LogP contribution in [0.15, 0.2) is 4.47 Å². The third-order valence-corrected chi connectivity index (χ3v) is 3.94. The van der Waals surface area contributed by atoms with Crippen molar-refractivity contribution in [2.75, 3.05) is 12.4 Å². The van der Waals surface area contributed by atoms with E-state index >= 15 is 0 Å². The maximum atomic E-state index is 4.54. The average molecular weight is 310 g/mol. The molecular weight excluding hydrogens is 294 g/mol. The second kappa shape index (κ2) is 4.68. The van der Waals surface area contributed by atoms with Gasteiger partial charge in [-0.2, -0.15) is 5.10 Å². The maximum absolute atomic E-state index is 4.54. The summed E-state index contributed by atoms with van der Waals surface area (Å²) in [6, 6.07) is 0. The summed E-state index contributed by atoms with van der Waals surface area (Å²) in [6.07, 6.45) is 0. The van der Waals surface area contributed by atoms with E-state index in [1.807, 2.05) is 39.5 Å². The number of hydrogen-bond donors (Lipinski definition) is 1. The fourth-order valence-electron chi connectivity index (χ4n) is 1.93. The van der Waals surface area contributed by atoms with Gasteiger partial charge in [0.25, 0.3) is 0 Å². The summed E-state index contributed by atoms with van der Waals surface area (Å²) < 4.78 is 2.75. The molecule has 0 saturated heterocycles. The quantitative estimate of drug-likeness (QED) is 0.926. The summed E-state index contributed by atoms with van der Waals surface area (Å²) in [5.74, 6) is 1.50. The largest absolute Gasteiger partial charge is 0.372 e. The van der Waals surface area contributed by atoms with Gasteiger partial charge in [0.05, 0.1) is 21.4 Å². The molecule has 0 fully saturated rings. The normalized spacial score (nSPS) is 10.8. The van der Waals surface area contributed by atoms with E-state index in [0.717, 1.165) is 32.9 Å². The zero-order valence-corrected chi connectivity index (χ0v) is 12.8. The van der Waals surface area contributed by atoms with Crippen LogP contribution in [0.5, 0.6) is 0 Å². The minimum absolute atomic E-state index is 0.711. The van der Waals surface area contributed by atoms with Crippen LogP contribution >= 0.6 is 15.9 Å². The van der Waals surface area contributed by atoms with Gasteiger partial charge in [0.1, 0.15) is 5.82 Å². The molecule has 2 aromatic rings. The molecule has 0 saturated carbocycles. The number of nitrogens with one attached hydrogen (secondary N) is 1. The van der Waals surface area contributed by atoms with Crippen molar-refractivity contribution < 1.29 is 0 Å². The Morgan fingerprint density at radius 3 is 2.28 bits per heavy atom. The Labute approximate surface area is 115 Å². The number of aryl methyl sites for hydroxylation is 3. The number of rotatable bonds is 2. The van der Waals surface area contributed by atoms with Gasteiger partial charge in [0, 0.05) is 19.8 Å². The highest BCUT2D eigenvalue weighted by Gasteiger charge is 2.17. The molecule has 0 aliphatic rings. The molecule has 0 spiro atoms. The molecule has 0 amide bonds. The third-order valence-electron chi connectivity index (χ3n) is 2.99. The van der Waals surface area contributed by atoms with Crippen LogP contribution in [0.2, 0.25) is 0 Å². The van der Waals surface area contributed by atoms with Crippen molar-refractivity contribution >= 4 is 21.7 Å². The van der Waals surface area contributed by atoms with Gasteiger partial charge in [-0.3, -0.25) is 4.68 Å². The molecule has 6 heteroatoms. The van der Waals surface area contributed by atoms with Crippen molar-refractivity contribution in [2.24, 2.45) is 7.05 Å². The van der Waals surface area contributed by atoms with Crippen molar-refractivity contribution in [3.8, 4) is 11.4 Å². The smallest absolute Gasteiger partial charge is 0.165 e. The molecule has 5 nitrogen and oxygen atoms in total. The summed E-state index contributed by atoms with van der Waals surface area (Å²) in [7, 11) is 3.77. The van der Waals surface area contributed by atoms with E-state index in [2.05, 4.69) is 36.3 Å². The van der Waals surface area contributed by atoms with E-state index in [4.69, 9.17) is 0 Å². The van der Waals surface area contributed by atoms with Crippen molar-refractivity contribution in [1.82, 2.24) is 19.7 Å². The Balaban J connectivity index is 2.68. The summed E-state index contributed by atoms with van der Waals surface area (Å²) in [4.78, 5) is 9.07. The number of nitrogens with zero attached hydrogens (tertiary/aromatic N) is 4. The Kier molecular flexibility index (Phi) is 3.38. The Hall–Kier alpha value is -1.43. The predicted molar refractivity (Wildman–Crippen MR) is 75.7 cm³/mol. The molecule has 2 aromatic heterocycles. The molecule has 0 aliphatic carbocycles. The highest BCUT2D eigenvalue weighted by Crippen LogP contribution is 2.29. The van der Waals surface area contributed by atoms with Gasteiger partial charge in [-0.25, -0.2) is 9.97 Å². The molecule has 2 heterocycles. The fraction of sp³-hybridized carbons (Fsp3) is 0.417. The maximum Gasteiger partial charge on any atom is 0.165 e. The average Bonchev–Trinajstić information content (AvgIpc) is 2.57. The number of aromatic nitrogens is 4. The van der Waals surface area contributed by atoms with Crippen LogP contribution in [-0.2, 0) is 7.05 Å². The monoisotopic (exact) mass is 309 g/mol.